The van der Waals surface area contributed by atoms with Crippen LogP contribution >= 0.6 is 11.3 Å². The molecule has 0 atom stereocenters. The van der Waals surface area contributed by atoms with Gasteiger partial charge in [0.05, 0.1) is 19.1 Å². The Labute approximate surface area is 254 Å². The second-order valence-electron chi connectivity index (χ2n) is 10.8. The normalized spacial score (nSPS) is 14.0. The molecule has 1 saturated heterocycles. The van der Waals surface area contributed by atoms with Crippen LogP contribution in [0.25, 0.3) is 0 Å². The van der Waals surface area contributed by atoms with Gasteiger partial charge in [0.1, 0.15) is 15.8 Å². The van der Waals surface area contributed by atoms with E-state index in [1.54, 1.807) is 30.3 Å². The first kappa shape index (κ1) is 30.2. The van der Waals surface area contributed by atoms with Crippen LogP contribution in [0.1, 0.15) is 45.5 Å². The Bertz CT molecular complexity index is 1700. The fourth-order valence-electron chi connectivity index (χ4n) is 5.03. The zero-order valence-electron chi connectivity index (χ0n) is 24.0. The highest BCUT2D eigenvalue weighted by atomic mass is 32.2. The van der Waals surface area contributed by atoms with Gasteiger partial charge in [0.25, 0.3) is 0 Å². The molecule has 1 aliphatic rings. The Morgan fingerprint density at radius 1 is 0.907 bits per heavy atom. The molecule has 0 spiro atoms. The minimum atomic E-state index is -3.39. The van der Waals surface area contributed by atoms with Gasteiger partial charge in [-0.25, -0.2) is 8.42 Å². The minimum absolute atomic E-state index is 0.0117. The van der Waals surface area contributed by atoms with Crippen LogP contribution in [0.15, 0.2) is 60.7 Å². The Morgan fingerprint density at radius 3 is 2.35 bits per heavy atom. The Hall–Kier alpha value is -4.23. The van der Waals surface area contributed by atoms with Crippen LogP contribution < -0.4 is 14.9 Å². The largest absolute Gasteiger partial charge is 0.355 e. The maximum Gasteiger partial charge on any atom is 0.229 e. The molecule has 0 aliphatic carbocycles. The summed E-state index contributed by atoms with van der Waals surface area (Å²) in [5.41, 5.74) is 3.23. The SMILES string of the molecule is Cc1cccc(CC(=O)Nc2ccc(N3CCC(c4nnc(CC(=O)Cc5cccc(NS(C)(=O)=O)c5)s4)CC3)nn2)c1. The van der Waals surface area contributed by atoms with Crippen molar-refractivity contribution in [1.29, 1.82) is 0 Å². The van der Waals surface area contributed by atoms with Crippen molar-refractivity contribution in [3.8, 4) is 0 Å². The molecule has 0 saturated carbocycles. The number of nitrogens with one attached hydrogen (secondary N) is 2. The molecule has 1 fully saturated rings. The fourth-order valence-corrected chi connectivity index (χ4v) is 6.63. The zero-order chi connectivity index (χ0) is 30.4. The van der Waals surface area contributed by atoms with Crippen molar-refractivity contribution in [3.63, 3.8) is 0 Å². The first-order valence-corrected chi connectivity index (χ1v) is 16.7. The summed E-state index contributed by atoms with van der Waals surface area (Å²) < 4.78 is 25.4. The number of carbonyl (C=O) groups is 2. The summed E-state index contributed by atoms with van der Waals surface area (Å²) in [4.78, 5) is 27.3. The standard InChI is InChI=1S/C30H33N7O4S2/c1-20-5-3-6-21(15-20)18-28(39)31-26-9-10-27(33-32-26)37-13-11-23(12-14-37)30-35-34-29(42-30)19-25(38)17-22-7-4-8-24(16-22)36-43(2,40)41/h3-10,15-16,23,36H,11-14,17-19H2,1-2H3,(H,31,32,39). The number of carbonyl (C=O) groups excluding carboxylic acids is 2. The predicted molar refractivity (Wildman–Crippen MR) is 167 cm³/mol. The third kappa shape index (κ3) is 8.88. The lowest BCUT2D eigenvalue weighted by Crippen LogP contribution is -2.33. The van der Waals surface area contributed by atoms with E-state index in [0.29, 0.717) is 16.5 Å². The number of ketones is 1. The van der Waals surface area contributed by atoms with Crippen molar-refractivity contribution in [1.82, 2.24) is 20.4 Å². The summed E-state index contributed by atoms with van der Waals surface area (Å²) >= 11 is 1.47. The Kier molecular flexibility index (Phi) is 9.41. The number of nitrogens with zero attached hydrogens (tertiary/aromatic N) is 5. The van der Waals surface area contributed by atoms with E-state index in [0.717, 1.165) is 59.7 Å². The third-order valence-corrected chi connectivity index (χ3v) is 8.69. The van der Waals surface area contributed by atoms with Crippen molar-refractivity contribution >= 4 is 50.4 Å². The number of benzene rings is 2. The van der Waals surface area contributed by atoms with Crippen LogP contribution in [0.2, 0.25) is 0 Å². The molecule has 11 nitrogen and oxygen atoms in total. The molecule has 4 aromatic rings. The summed E-state index contributed by atoms with van der Waals surface area (Å²) in [5.74, 6) is 1.29. The molecule has 13 heteroatoms. The van der Waals surface area contributed by atoms with E-state index in [2.05, 4.69) is 35.3 Å². The molecule has 5 rings (SSSR count). The van der Waals surface area contributed by atoms with Gasteiger partial charge >= 0.3 is 0 Å². The predicted octanol–water partition coefficient (Wildman–Crippen LogP) is 3.93. The van der Waals surface area contributed by atoms with Gasteiger partial charge in [0.15, 0.2) is 11.6 Å². The van der Waals surface area contributed by atoms with Crippen LogP contribution in [0.3, 0.4) is 0 Å². The number of rotatable bonds is 11. The molecular weight excluding hydrogens is 587 g/mol. The molecule has 2 N–H and O–H groups in total. The third-order valence-electron chi connectivity index (χ3n) is 7.00. The van der Waals surface area contributed by atoms with Gasteiger partial charge in [0.2, 0.25) is 15.9 Å². The number of Topliss-reactive ketones (excluding diaryl/α,β-unsaturated/α-hetero) is 1. The van der Waals surface area contributed by atoms with Crippen LogP contribution in [0.5, 0.6) is 0 Å². The summed E-state index contributed by atoms with van der Waals surface area (Å²) in [6.07, 6.45) is 3.48. The maximum absolute atomic E-state index is 12.7. The van der Waals surface area contributed by atoms with Gasteiger partial charge in [-0.1, -0.05) is 42.0 Å². The molecule has 2 aromatic carbocycles. The smallest absolute Gasteiger partial charge is 0.229 e. The monoisotopic (exact) mass is 619 g/mol. The van der Waals surface area contributed by atoms with Gasteiger partial charge in [0, 0.05) is 31.1 Å². The highest BCUT2D eigenvalue weighted by Gasteiger charge is 2.25. The average molecular weight is 620 g/mol. The number of aromatic nitrogens is 4. The van der Waals surface area contributed by atoms with Crippen LogP contribution in [-0.2, 0) is 38.9 Å². The van der Waals surface area contributed by atoms with Gasteiger partial charge in [-0.2, -0.15) is 0 Å². The number of hydrogen-bond donors (Lipinski definition) is 2. The fraction of sp³-hybridized carbons (Fsp3) is 0.333. The molecule has 43 heavy (non-hydrogen) atoms. The van der Waals surface area contributed by atoms with E-state index < -0.39 is 10.0 Å². The van der Waals surface area contributed by atoms with E-state index in [4.69, 9.17) is 0 Å². The van der Waals surface area contributed by atoms with E-state index in [-0.39, 0.29) is 36.9 Å². The van der Waals surface area contributed by atoms with Crippen LogP contribution in [0.4, 0.5) is 17.3 Å². The van der Waals surface area contributed by atoms with E-state index in [1.807, 2.05) is 37.3 Å². The number of amides is 1. The van der Waals surface area contributed by atoms with E-state index in [9.17, 15) is 18.0 Å². The highest BCUT2D eigenvalue weighted by Crippen LogP contribution is 2.32. The van der Waals surface area contributed by atoms with Crippen LogP contribution in [-0.4, -0.2) is 59.8 Å². The molecule has 2 aromatic heterocycles. The first-order chi connectivity index (χ1) is 20.6. The van der Waals surface area contributed by atoms with Gasteiger partial charge in [-0.15, -0.1) is 31.7 Å². The quantitative estimate of drug-likeness (QED) is 0.255. The molecule has 224 valence electrons. The van der Waals surface area contributed by atoms with Crippen molar-refractivity contribution in [2.45, 2.75) is 44.9 Å². The lowest BCUT2D eigenvalue weighted by Gasteiger charge is -2.31. The molecule has 0 unspecified atom stereocenters. The lowest BCUT2D eigenvalue weighted by molar-refractivity contribution is -0.118. The Balaban J connectivity index is 1.08. The number of sulfonamides is 1. The highest BCUT2D eigenvalue weighted by molar-refractivity contribution is 7.92. The summed E-state index contributed by atoms with van der Waals surface area (Å²) in [5, 5.41) is 21.6. The van der Waals surface area contributed by atoms with E-state index >= 15 is 0 Å². The topological polar surface area (TPSA) is 147 Å². The van der Waals surface area contributed by atoms with Crippen molar-refractivity contribution in [2.24, 2.45) is 0 Å². The molecule has 0 radical (unpaired) electrons. The first-order valence-electron chi connectivity index (χ1n) is 13.9. The molecule has 1 aliphatic heterocycles. The number of aryl methyl sites for hydroxylation is 1. The van der Waals surface area contributed by atoms with Gasteiger partial charge < -0.3 is 10.2 Å². The zero-order valence-corrected chi connectivity index (χ0v) is 25.6. The molecular formula is C30H33N7O4S2. The Morgan fingerprint density at radius 2 is 1.65 bits per heavy atom. The summed E-state index contributed by atoms with van der Waals surface area (Å²) in [6, 6.07) is 18.3. The lowest BCUT2D eigenvalue weighted by atomic mass is 9.98. The second-order valence-corrected chi connectivity index (χ2v) is 13.6. The molecule has 3 heterocycles. The second kappa shape index (κ2) is 13.4. The maximum atomic E-state index is 12.7. The molecule has 1 amide bonds. The number of hydrogen-bond acceptors (Lipinski definition) is 10. The summed E-state index contributed by atoms with van der Waals surface area (Å²) in [6.45, 7) is 3.56. The van der Waals surface area contributed by atoms with Crippen molar-refractivity contribution in [3.05, 3.63) is 87.4 Å². The minimum Gasteiger partial charge on any atom is -0.355 e. The number of piperidine rings is 1. The number of anilines is 3. The molecule has 0 bridgehead atoms. The van der Waals surface area contributed by atoms with Crippen molar-refractivity contribution in [2.75, 3.05) is 34.3 Å². The van der Waals surface area contributed by atoms with Crippen molar-refractivity contribution < 1.29 is 18.0 Å². The van der Waals surface area contributed by atoms with Gasteiger partial charge in [-0.05, 0) is 55.2 Å². The van der Waals surface area contributed by atoms with E-state index in [1.165, 1.54) is 11.3 Å². The van der Waals surface area contributed by atoms with Gasteiger partial charge in [-0.3, -0.25) is 14.3 Å². The average Bonchev–Trinajstić information content (AvgIpc) is 3.41. The van der Waals surface area contributed by atoms with Crippen LogP contribution in [0, 0.1) is 6.92 Å². The summed E-state index contributed by atoms with van der Waals surface area (Å²) in [7, 11) is -3.39.